The molecule has 2 rings (SSSR count). The Balaban J connectivity index is 2.03. The third-order valence-corrected chi connectivity index (χ3v) is 2.35. The average Bonchev–Trinajstić information content (AvgIpc) is 2.74. The molecule has 0 amide bonds. The fourth-order valence-electron chi connectivity index (χ4n) is 1.50. The predicted octanol–water partition coefficient (Wildman–Crippen LogP) is 2.26. The van der Waals surface area contributed by atoms with E-state index in [1.54, 1.807) is 0 Å². The van der Waals surface area contributed by atoms with E-state index in [2.05, 4.69) is 44.4 Å². The smallest absolute Gasteiger partial charge is 0.0854 e. The van der Waals surface area contributed by atoms with Gasteiger partial charge < -0.3 is 4.90 Å². The molecule has 3 nitrogen and oxygen atoms in total. The average molecular weight is 217 g/mol. The van der Waals surface area contributed by atoms with Gasteiger partial charge in [-0.15, -0.1) is 0 Å². The SMILES string of the molecule is S=C=Nc1ccc(CN2C=NCC2)cc1. The van der Waals surface area contributed by atoms with Crippen molar-refractivity contribution in [2.45, 2.75) is 6.54 Å². The Hall–Kier alpha value is -1.51. The summed E-state index contributed by atoms with van der Waals surface area (Å²) in [6, 6.07) is 8.00. The highest BCUT2D eigenvalue weighted by atomic mass is 32.1. The van der Waals surface area contributed by atoms with E-state index >= 15 is 0 Å². The van der Waals surface area contributed by atoms with Crippen molar-refractivity contribution in [3.05, 3.63) is 29.8 Å². The molecule has 4 heteroatoms. The Morgan fingerprint density at radius 2 is 2.20 bits per heavy atom. The first kappa shape index (κ1) is 10.0. The molecule has 0 unspecified atom stereocenters. The van der Waals surface area contributed by atoms with E-state index in [0.717, 1.165) is 25.3 Å². The van der Waals surface area contributed by atoms with Gasteiger partial charge in [0.15, 0.2) is 0 Å². The van der Waals surface area contributed by atoms with E-state index in [0.29, 0.717) is 0 Å². The van der Waals surface area contributed by atoms with Gasteiger partial charge >= 0.3 is 0 Å². The van der Waals surface area contributed by atoms with Crippen LogP contribution in [0, 0.1) is 0 Å². The van der Waals surface area contributed by atoms with E-state index < -0.39 is 0 Å². The van der Waals surface area contributed by atoms with Crippen LogP contribution in [0.4, 0.5) is 5.69 Å². The van der Waals surface area contributed by atoms with Gasteiger partial charge in [-0.3, -0.25) is 4.99 Å². The fraction of sp³-hybridized carbons (Fsp3) is 0.273. The number of rotatable bonds is 3. The van der Waals surface area contributed by atoms with Crippen LogP contribution in [0.3, 0.4) is 0 Å². The molecule has 0 saturated heterocycles. The van der Waals surface area contributed by atoms with Crippen LogP contribution >= 0.6 is 12.2 Å². The Labute approximate surface area is 94.2 Å². The molecule has 1 aliphatic rings. The maximum Gasteiger partial charge on any atom is 0.0854 e. The molecule has 0 aromatic heterocycles. The quantitative estimate of drug-likeness (QED) is 0.574. The Morgan fingerprint density at radius 3 is 2.80 bits per heavy atom. The van der Waals surface area contributed by atoms with E-state index in [4.69, 9.17) is 0 Å². The monoisotopic (exact) mass is 217 g/mol. The summed E-state index contributed by atoms with van der Waals surface area (Å²) in [6.07, 6.45) is 1.91. The van der Waals surface area contributed by atoms with Crippen LogP contribution in [0.25, 0.3) is 0 Å². The van der Waals surface area contributed by atoms with Crippen LogP contribution in [0.1, 0.15) is 5.56 Å². The van der Waals surface area contributed by atoms with E-state index in [1.807, 2.05) is 18.5 Å². The maximum absolute atomic E-state index is 4.54. The summed E-state index contributed by atoms with van der Waals surface area (Å²) in [5, 5.41) is 2.35. The molecular formula is C11H11N3S. The molecule has 0 atom stereocenters. The number of nitrogens with zero attached hydrogens (tertiary/aromatic N) is 3. The lowest BCUT2D eigenvalue weighted by atomic mass is 10.2. The summed E-state index contributed by atoms with van der Waals surface area (Å²) in [5.41, 5.74) is 2.11. The van der Waals surface area contributed by atoms with Crippen LogP contribution in [0.5, 0.6) is 0 Å². The van der Waals surface area contributed by atoms with Gasteiger partial charge in [0.05, 0.1) is 23.7 Å². The molecule has 1 aromatic rings. The normalized spacial score (nSPS) is 14.0. The lowest BCUT2D eigenvalue weighted by Gasteiger charge is -2.13. The molecule has 0 bridgehead atoms. The molecule has 1 aliphatic heterocycles. The van der Waals surface area contributed by atoms with E-state index in [9.17, 15) is 0 Å². The van der Waals surface area contributed by atoms with Crippen LogP contribution in [0.15, 0.2) is 34.3 Å². The van der Waals surface area contributed by atoms with Gasteiger partial charge in [-0.25, -0.2) is 0 Å². The highest BCUT2D eigenvalue weighted by molar-refractivity contribution is 7.78. The first-order valence-electron chi connectivity index (χ1n) is 4.79. The summed E-state index contributed by atoms with van der Waals surface area (Å²) in [4.78, 5) is 10.3. The lowest BCUT2D eigenvalue weighted by Crippen LogP contribution is -2.18. The number of benzene rings is 1. The van der Waals surface area contributed by atoms with Crippen molar-refractivity contribution in [3.8, 4) is 0 Å². The molecule has 0 aliphatic carbocycles. The van der Waals surface area contributed by atoms with Gasteiger partial charge in [-0.2, -0.15) is 4.99 Å². The van der Waals surface area contributed by atoms with E-state index in [-0.39, 0.29) is 0 Å². The fourth-order valence-corrected chi connectivity index (χ4v) is 1.61. The second-order valence-electron chi connectivity index (χ2n) is 3.36. The third kappa shape index (κ3) is 2.72. The highest BCUT2D eigenvalue weighted by Gasteiger charge is 2.05. The summed E-state index contributed by atoms with van der Waals surface area (Å²) in [5.74, 6) is 0. The van der Waals surface area contributed by atoms with Gasteiger partial charge in [0.1, 0.15) is 0 Å². The zero-order valence-corrected chi connectivity index (χ0v) is 9.07. The molecule has 0 spiro atoms. The largest absolute Gasteiger partial charge is 0.357 e. The van der Waals surface area contributed by atoms with Gasteiger partial charge in [-0.05, 0) is 29.9 Å². The molecule has 76 valence electrons. The van der Waals surface area contributed by atoms with Gasteiger partial charge in [-0.1, -0.05) is 12.1 Å². The predicted molar refractivity (Wildman–Crippen MR) is 64.9 cm³/mol. The molecule has 0 radical (unpaired) electrons. The van der Waals surface area contributed by atoms with Gasteiger partial charge in [0.25, 0.3) is 0 Å². The van der Waals surface area contributed by atoms with Crippen LogP contribution in [0.2, 0.25) is 0 Å². The van der Waals surface area contributed by atoms with E-state index in [1.165, 1.54) is 5.56 Å². The molecule has 0 saturated carbocycles. The first-order valence-corrected chi connectivity index (χ1v) is 5.20. The standard InChI is InChI=1S/C11H11N3S/c15-9-13-11-3-1-10(2-4-11)7-14-6-5-12-8-14/h1-4,8H,5-7H2. The molecular weight excluding hydrogens is 206 g/mol. The second kappa shape index (κ2) is 4.82. The summed E-state index contributed by atoms with van der Waals surface area (Å²) < 4.78 is 0. The van der Waals surface area contributed by atoms with Crippen molar-refractivity contribution in [3.63, 3.8) is 0 Å². The summed E-state index contributed by atoms with van der Waals surface area (Å²) >= 11 is 4.54. The third-order valence-electron chi connectivity index (χ3n) is 2.26. The van der Waals surface area contributed by atoms with Crippen molar-refractivity contribution >= 4 is 29.4 Å². The lowest BCUT2D eigenvalue weighted by molar-refractivity contribution is 0.463. The Morgan fingerprint density at radius 1 is 1.40 bits per heavy atom. The zero-order valence-electron chi connectivity index (χ0n) is 8.26. The highest BCUT2D eigenvalue weighted by Crippen LogP contribution is 2.13. The zero-order chi connectivity index (χ0) is 10.5. The molecule has 0 fully saturated rings. The summed E-state index contributed by atoms with van der Waals surface area (Å²) in [6.45, 7) is 2.83. The first-order chi connectivity index (χ1) is 7.38. The van der Waals surface area contributed by atoms with Crippen molar-refractivity contribution < 1.29 is 0 Å². The van der Waals surface area contributed by atoms with Gasteiger partial charge in [0, 0.05) is 13.1 Å². The molecule has 1 aromatic carbocycles. The number of hydrogen-bond donors (Lipinski definition) is 0. The number of thiocarbonyl (C=S) groups is 1. The topological polar surface area (TPSA) is 28.0 Å². The minimum absolute atomic E-state index is 0.851. The number of aliphatic imine (C=N–C) groups is 2. The molecule has 15 heavy (non-hydrogen) atoms. The van der Waals surface area contributed by atoms with Crippen molar-refractivity contribution in [1.29, 1.82) is 0 Å². The maximum atomic E-state index is 4.54. The Bertz CT molecular complexity index is 404. The van der Waals surface area contributed by atoms with Gasteiger partial charge in [0.2, 0.25) is 0 Å². The second-order valence-corrected chi connectivity index (χ2v) is 3.54. The molecule has 1 heterocycles. The summed E-state index contributed by atoms with van der Waals surface area (Å²) in [7, 11) is 0. The van der Waals surface area contributed by atoms with Crippen LogP contribution < -0.4 is 0 Å². The number of hydrogen-bond acceptors (Lipinski definition) is 4. The van der Waals surface area contributed by atoms with Crippen LogP contribution in [-0.2, 0) is 6.54 Å². The van der Waals surface area contributed by atoms with Crippen LogP contribution in [-0.4, -0.2) is 29.5 Å². The van der Waals surface area contributed by atoms with Crippen molar-refractivity contribution in [2.24, 2.45) is 9.98 Å². The minimum Gasteiger partial charge on any atom is -0.357 e. The number of isothiocyanates is 1. The van der Waals surface area contributed by atoms with Crippen molar-refractivity contribution in [1.82, 2.24) is 4.90 Å². The Kier molecular flexibility index (Phi) is 3.22. The molecule has 0 N–H and O–H groups in total. The minimum atomic E-state index is 0.851. The van der Waals surface area contributed by atoms with Crippen molar-refractivity contribution in [2.75, 3.05) is 13.1 Å².